The van der Waals surface area contributed by atoms with Crippen LogP contribution < -0.4 is 26.5 Å². The summed E-state index contributed by atoms with van der Waals surface area (Å²) in [5.74, 6) is 0. The van der Waals surface area contributed by atoms with Crippen LogP contribution in [0.25, 0.3) is 0 Å². The molecule has 0 spiro atoms. The third-order valence-corrected chi connectivity index (χ3v) is 2.88. The van der Waals surface area contributed by atoms with Gasteiger partial charge in [-0.15, -0.1) is 0 Å². The Bertz CT molecular complexity index is 65.8. The van der Waals surface area contributed by atoms with E-state index in [2.05, 4.69) is 33.0 Å². The molecule has 0 saturated carbocycles. The molecule has 0 aromatic carbocycles. The number of hydrogen-bond donors (Lipinski definition) is 1. The second kappa shape index (κ2) is 4.50. The molecule has 0 aliphatic heterocycles. The van der Waals surface area contributed by atoms with Gasteiger partial charge >= 0.3 is 68.7 Å². The molecule has 0 aliphatic carbocycles. The Labute approximate surface area is 68.9 Å². The van der Waals surface area contributed by atoms with E-state index in [-0.39, 0.29) is 0 Å². The maximum atomic E-state index is 3.47. The van der Waals surface area contributed by atoms with Crippen molar-refractivity contribution in [2.45, 2.75) is 33.2 Å². The average Bonchev–Trinajstić information content (AvgIpc) is 1.63. The molecule has 0 saturated heterocycles. The maximum absolute atomic E-state index is 3.47. The van der Waals surface area contributed by atoms with Crippen LogP contribution in [0.15, 0.2) is 0 Å². The summed E-state index contributed by atoms with van der Waals surface area (Å²) in [5.41, 5.74) is 0.328. The van der Waals surface area contributed by atoms with Crippen LogP contribution in [0, 0.1) is 0 Å². The summed E-state index contributed by atoms with van der Waals surface area (Å²) in [6, 6.07) is 0. The van der Waals surface area contributed by atoms with Gasteiger partial charge in [0.05, 0.1) is 0 Å². The van der Waals surface area contributed by atoms with Crippen molar-refractivity contribution in [3.8, 4) is 0 Å². The first-order chi connectivity index (χ1) is 4.06. The Balaban J connectivity index is 3.07. The van der Waals surface area contributed by atoms with Gasteiger partial charge in [-0.1, -0.05) is 0 Å². The molecular formula is C7H17IN-. The number of alkyl halides is 2. The fourth-order valence-electron chi connectivity index (χ4n) is 0.342. The van der Waals surface area contributed by atoms with Gasteiger partial charge in [0.15, 0.2) is 0 Å². The molecule has 9 heavy (non-hydrogen) atoms. The van der Waals surface area contributed by atoms with E-state index in [1.54, 1.807) is 0 Å². The van der Waals surface area contributed by atoms with Crippen molar-refractivity contribution in [2.75, 3.05) is 8.98 Å². The van der Waals surface area contributed by atoms with Gasteiger partial charge in [0, 0.05) is 0 Å². The van der Waals surface area contributed by atoms with Gasteiger partial charge in [0.2, 0.25) is 0 Å². The fourth-order valence-corrected chi connectivity index (χ4v) is 2.30. The molecule has 58 valence electrons. The first-order valence-electron chi connectivity index (χ1n) is 3.35. The molecule has 0 radical (unpaired) electrons. The third-order valence-electron chi connectivity index (χ3n) is 0.881. The number of halogens is 1. The third kappa shape index (κ3) is 8.69. The van der Waals surface area contributed by atoms with Crippen molar-refractivity contribution < 1.29 is 21.2 Å². The van der Waals surface area contributed by atoms with E-state index in [1.165, 1.54) is 8.98 Å². The van der Waals surface area contributed by atoms with Gasteiger partial charge in [-0.25, -0.2) is 0 Å². The fraction of sp³-hybridized carbons (Fsp3) is 1.00. The van der Waals surface area contributed by atoms with Crippen LogP contribution in [-0.4, -0.2) is 14.5 Å². The first-order valence-corrected chi connectivity index (χ1v) is 6.40. The van der Waals surface area contributed by atoms with Crippen molar-refractivity contribution in [2.24, 2.45) is 0 Å². The first kappa shape index (κ1) is 9.69. The van der Waals surface area contributed by atoms with Crippen molar-refractivity contribution in [1.82, 2.24) is 5.32 Å². The summed E-state index contributed by atoms with van der Waals surface area (Å²) < 4.78 is 2.65. The zero-order chi connectivity index (χ0) is 7.33. The monoisotopic (exact) mass is 242 g/mol. The molecular weight excluding hydrogens is 225 g/mol. The van der Waals surface area contributed by atoms with E-state index in [1.807, 2.05) is 0 Å². The number of nitrogens with one attached hydrogen (secondary N) is 1. The van der Waals surface area contributed by atoms with E-state index in [4.69, 9.17) is 0 Å². The molecule has 0 bridgehead atoms. The normalized spacial score (nSPS) is 12.4. The van der Waals surface area contributed by atoms with Crippen LogP contribution in [0.4, 0.5) is 0 Å². The molecule has 2 heteroatoms. The Hall–Kier alpha value is 0.690. The van der Waals surface area contributed by atoms with E-state index in [9.17, 15) is 0 Å². The van der Waals surface area contributed by atoms with Crippen LogP contribution in [0.3, 0.4) is 0 Å². The van der Waals surface area contributed by atoms with Crippen LogP contribution in [0.2, 0.25) is 0 Å². The average molecular weight is 242 g/mol. The Morgan fingerprint density at radius 1 is 1.33 bits per heavy atom. The molecule has 1 nitrogen and oxygen atoms in total. The minimum atomic E-state index is 0.328. The number of rotatable bonds is 3. The second-order valence-corrected chi connectivity index (χ2v) is 6.38. The van der Waals surface area contributed by atoms with E-state index < -0.39 is 0 Å². The molecule has 1 N–H and O–H groups in total. The quantitative estimate of drug-likeness (QED) is 0.273. The van der Waals surface area contributed by atoms with Gasteiger partial charge in [-0.05, 0) is 0 Å². The summed E-state index contributed by atoms with van der Waals surface area (Å²) >= 11 is 0.451. The Morgan fingerprint density at radius 3 is 2.22 bits per heavy atom. The topological polar surface area (TPSA) is 12.0 Å². The minimum absolute atomic E-state index is 0.328. The Morgan fingerprint density at radius 2 is 1.89 bits per heavy atom. The van der Waals surface area contributed by atoms with Gasteiger partial charge in [0.25, 0.3) is 0 Å². The van der Waals surface area contributed by atoms with E-state index in [0.29, 0.717) is 26.7 Å². The number of hydrogen-bond acceptors (Lipinski definition) is 1. The van der Waals surface area contributed by atoms with Gasteiger partial charge < -0.3 is 0 Å². The zero-order valence-corrected chi connectivity index (χ0v) is 8.95. The van der Waals surface area contributed by atoms with E-state index in [0.717, 1.165) is 0 Å². The van der Waals surface area contributed by atoms with Gasteiger partial charge in [0.1, 0.15) is 0 Å². The van der Waals surface area contributed by atoms with Gasteiger partial charge in [-0.3, -0.25) is 0 Å². The van der Waals surface area contributed by atoms with Crippen molar-refractivity contribution in [3.05, 3.63) is 0 Å². The Kier molecular flexibility index (Phi) is 4.84. The SMILES string of the molecule is CC[I-]CNC(C)(C)C. The zero-order valence-electron chi connectivity index (χ0n) is 6.79. The van der Waals surface area contributed by atoms with Gasteiger partial charge in [-0.2, -0.15) is 0 Å². The van der Waals surface area contributed by atoms with Crippen LogP contribution in [0.5, 0.6) is 0 Å². The van der Waals surface area contributed by atoms with Crippen molar-refractivity contribution >= 4 is 0 Å². The van der Waals surface area contributed by atoms with Crippen molar-refractivity contribution in [3.63, 3.8) is 0 Å². The van der Waals surface area contributed by atoms with Crippen LogP contribution in [0.1, 0.15) is 27.7 Å². The summed E-state index contributed by atoms with van der Waals surface area (Å²) in [6.45, 7) is 8.91. The van der Waals surface area contributed by atoms with E-state index >= 15 is 0 Å². The van der Waals surface area contributed by atoms with Crippen LogP contribution in [-0.2, 0) is 0 Å². The van der Waals surface area contributed by atoms with Crippen molar-refractivity contribution in [1.29, 1.82) is 0 Å². The summed E-state index contributed by atoms with van der Waals surface area (Å²) in [4.78, 5) is 0. The molecule has 0 amide bonds. The molecule has 0 atom stereocenters. The molecule has 0 rings (SSSR count). The molecule has 0 unspecified atom stereocenters. The molecule has 0 aromatic heterocycles. The molecule has 0 heterocycles. The predicted molar refractivity (Wildman–Crippen MR) is 38.3 cm³/mol. The predicted octanol–water partition coefficient (Wildman–Crippen LogP) is -1.56. The second-order valence-electron chi connectivity index (χ2n) is 3.02. The summed E-state index contributed by atoms with van der Waals surface area (Å²) in [6.07, 6.45) is 0. The standard InChI is InChI=1S/C7H17IN/c1-5-8-6-9-7(2,3)4/h9H,5-6H2,1-4H3/q-1. The molecule has 0 aliphatic rings. The molecule has 0 fully saturated rings. The van der Waals surface area contributed by atoms with Crippen LogP contribution >= 0.6 is 0 Å². The molecule has 0 aromatic rings. The summed E-state index contributed by atoms with van der Waals surface area (Å²) in [5, 5.41) is 3.47. The summed E-state index contributed by atoms with van der Waals surface area (Å²) in [7, 11) is 0.